The van der Waals surface area contributed by atoms with Crippen molar-refractivity contribution in [1.82, 2.24) is 4.98 Å². The fourth-order valence-corrected chi connectivity index (χ4v) is 3.16. The number of rotatable bonds is 3. The van der Waals surface area contributed by atoms with Crippen LogP contribution in [0.15, 0.2) is 60.9 Å². The van der Waals surface area contributed by atoms with Gasteiger partial charge in [0.1, 0.15) is 0 Å². The van der Waals surface area contributed by atoms with Crippen LogP contribution in [0, 0.1) is 12.3 Å². The van der Waals surface area contributed by atoms with Crippen LogP contribution in [0.3, 0.4) is 0 Å². The summed E-state index contributed by atoms with van der Waals surface area (Å²) in [6.45, 7) is 8.30. The molecule has 25 heavy (non-hydrogen) atoms. The predicted molar refractivity (Wildman–Crippen MR) is 106 cm³/mol. The molecule has 1 aromatic heterocycles. The van der Waals surface area contributed by atoms with Gasteiger partial charge in [-0.3, -0.25) is 4.98 Å². The molecule has 0 bridgehead atoms. The summed E-state index contributed by atoms with van der Waals surface area (Å²) in [5, 5.41) is 13.5. The van der Waals surface area contributed by atoms with Crippen molar-refractivity contribution in [3.8, 4) is 0 Å². The lowest BCUT2D eigenvalue weighted by atomic mass is 9.79. The number of nitrogens with zero attached hydrogens (tertiary/aromatic N) is 1. The molecule has 2 heteroatoms. The molecule has 2 nitrogen and oxygen atoms in total. The zero-order valence-corrected chi connectivity index (χ0v) is 15.3. The highest BCUT2D eigenvalue weighted by Crippen LogP contribution is 2.37. The molecule has 0 radical (unpaired) electrons. The van der Waals surface area contributed by atoms with Gasteiger partial charge in [0.25, 0.3) is 0 Å². The summed E-state index contributed by atoms with van der Waals surface area (Å²) >= 11 is 0. The molecule has 1 unspecified atom stereocenters. The topological polar surface area (TPSA) is 33.1 Å². The van der Waals surface area contributed by atoms with Gasteiger partial charge in [-0.05, 0) is 57.5 Å². The van der Waals surface area contributed by atoms with Crippen molar-refractivity contribution in [2.24, 2.45) is 5.41 Å². The average molecular weight is 331 g/mol. The zero-order valence-electron chi connectivity index (χ0n) is 15.3. The first-order chi connectivity index (χ1) is 11.9. The van der Waals surface area contributed by atoms with Crippen molar-refractivity contribution >= 4 is 22.4 Å². The zero-order chi connectivity index (χ0) is 18.0. The van der Waals surface area contributed by atoms with Crippen molar-refractivity contribution < 1.29 is 5.11 Å². The van der Waals surface area contributed by atoms with E-state index in [1.165, 1.54) is 10.8 Å². The Morgan fingerprint density at radius 2 is 1.80 bits per heavy atom. The maximum Gasteiger partial charge on any atom is 0.0844 e. The molecule has 3 rings (SSSR count). The number of aromatic nitrogens is 1. The molecule has 0 amide bonds. The number of aliphatic hydroxyl groups excluding tert-OH is 1. The fourth-order valence-electron chi connectivity index (χ4n) is 3.16. The van der Waals surface area contributed by atoms with Gasteiger partial charge in [-0.25, -0.2) is 0 Å². The predicted octanol–water partition coefficient (Wildman–Crippen LogP) is 5.49. The van der Waals surface area contributed by atoms with Gasteiger partial charge in [-0.15, -0.1) is 0 Å². The maximum absolute atomic E-state index is 11.2. The lowest BCUT2D eigenvalue weighted by Crippen LogP contribution is -2.27. The highest BCUT2D eigenvalue weighted by atomic mass is 16.3. The van der Waals surface area contributed by atoms with Crippen LogP contribution < -0.4 is 0 Å². The van der Waals surface area contributed by atoms with Crippen molar-refractivity contribution in [2.45, 2.75) is 33.8 Å². The second-order valence-electron chi connectivity index (χ2n) is 7.63. The summed E-state index contributed by atoms with van der Waals surface area (Å²) in [7, 11) is 0. The Labute approximate surface area is 149 Å². The van der Waals surface area contributed by atoms with E-state index in [1.807, 2.05) is 24.4 Å². The Balaban J connectivity index is 2.30. The third-order valence-corrected chi connectivity index (χ3v) is 4.55. The molecule has 1 heterocycles. The largest absolute Gasteiger partial charge is 0.388 e. The summed E-state index contributed by atoms with van der Waals surface area (Å²) in [6, 6.07) is 16.5. The quantitative estimate of drug-likeness (QED) is 0.688. The van der Waals surface area contributed by atoms with Crippen LogP contribution in [0.2, 0.25) is 0 Å². The molecule has 0 saturated carbocycles. The third kappa shape index (κ3) is 3.64. The first-order valence-corrected chi connectivity index (χ1v) is 8.66. The van der Waals surface area contributed by atoms with E-state index < -0.39 is 6.10 Å². The highest BCUT2D eigenvalue weighted by Gasteiger charge is 2.28. The van der Waals surface area contributed by atoms with Crippen LogP contribution >= 0.6 is 0 Å². The van der Waals surface area contributed by atoms with Crippen molar-refractivity contribution in [3.63, 3.8) is 0 Å². The molecular formula is C23H25NO. The number of hydrogen-bond donors (Lipinski definition) is 1. The van der Waals surface area contributed by atoms with Crippen molar-refractivity contribution in [1.29, 1.82) is 0 Å². The molecule has 1 atom stereocenters. The summed E-state index contributed by atoms with van der Waals surface area (Å²) in [5.74, 6) is 0. The van der Waals surface area contributed by atoms with E-state index >= 15 is 0 Å². The Morgan fingerprint density at radius 1 is 1.04 bits per heavy atom. The normalized spacial score (nSPS) is 13.9. The van der Waals surface area contributed by atoms with E-state index in [9.17, 15) is 5.11 Å². The van der Waals surface area contributed by atoms with Gasteiger partial charge in [0.05, 0.1) is 6.10 Å². The second-order valence-corrected chi connectivity index (χ2v) is 7.63. The number of pyridine rings is 1. The number of fused-ring (bicyclic) bond motifs is 1. The Kier molecular flexibility index (Phi) is 4.73. The van der Waals surface area contributed by atoms with E-state index in [0.717, 1.165) is 22.3 Å². The summed E-state index contributed by atoms with van der Waals surface area (Å²) < 4.78 is 0. The molecule has 128 valence electrons. The fraction of sp³-hybridized carbons (Fsp3) is 0.261. The molecule has 2 aromatic carbocycles. The lowest BCUT2D eigenvalue weighted by molar-refractivity contribution is 0.115. The first-order valence-electron chi connectivity index (χ1n) is 8.66. The van der Waals surface area contributed by atoms with Gasteiger partial charge in [-0.2, -0.15) is 0 Å². The van der Waals surface area contributed by atoms with E-state index in [-0.39, 0.29) is 5.41 Å². The van der Waals surface area contributed by atoms with Gasteiger partial charge < -0.3 is 5.11 Å². The Morgan fingerprint density at radius 3 is 2.48 bits per heavy atom. The summed E-state index contributed by atoms with van der Waals surface area (Å²) in [5.41, 5.74) is 3.95. The molecule has 0 aliphatic rings. The van der Waals surface area contributed by atoms with Crippen LogP contribution in [0.1, 0.15) is 37.5 Å². The third-order valence-electron chi connectivity index (χ3n) is 4.55. The van der Waals surface area contributed by atoms with E-state index in [0.29, 0.717) is 0 Å². The van der Waals surface area contributed by atoms with E-state index in [2.05, 4.69) is 69.1 Å². The Hall–Kier alpha value is -2.45. The number of hydrogen-bond acceptors (Lipinski definition) is 2. The molecule has 3 aromatic rings. The van der Waals surface area contributed by atoms with Crippen LogP contribution in [0.5, 0.6) is 0 Å². The van der Waals surface area contributed by atoms with Crippen molar-refractivity contribution in [2.75, 3.05) is 0 Å². The lowest BCUT2D eigenvalue weighted by Gasteiger charge is -2.30. The minimum absolute atomic E-state index is 0.266. The maximum atomic E-state index is 11.2. The van der Waals surface area contributed by atoms with Crippen LogP contribution in [0.4, 0.5) is 0 Å². The Bertz CT molecular complexity index is 904. The van der Waals surface area contributed by atoms with Crippen LogP contribution in [-0.2, 0) is 0 Å². The first kappa shape index (κ1) is 17.4. The number of aryl methyl sites for hydroxylation is 1. The monoisotopic (exact) mass is 331 g/mol. The van der Waals surface area contributed by atoms with Crippen molar-refractivity contribution in [3.05, 3.63) is 77.6 Å². The smallest absolute Gasteiger partial charge is 0.0844 e. The minimum Gasteiger partial charge on any atom is -0.388 e. The van der Waals surface area contributed by atoms with E-state index in [1.54, 1.807) is 6.20 Å². The van der Waals surface area contributed by atoms with E-state index in [4.69, 9.17) is 0 Å². The van der Waals surface area contributed by atoms with Crippen LogP contribution in [-0.4, -0.2) is 16.2 Å². The molecule has 0 spiro atoms. The second kappa shape index (κ2) is 6.81. The number of aliphatic hydroxyl groups is 1. The molecular weight excluding hydrogens is 306 g/mol. The van der Waals surface area contributed by atoms with Gasteiger partial charge in [-0.1, -0.05) is 63.2 Å². The molecule has 0 fully saturated rings. The van der Waals surface area contributed by atoms with Gasteiger partial charge >= 0.3 is 0 Å². The van der Waals surface area contributed by atoms with Gasteiger partial charge in [0, 0.05) is 12.4 Å². The van der Waals surface area contributed by atoms with Gasteiger partial charge in [0.15, 0.2) is 0 Å². The number of benzene rings is 2. The summed E-state index contributed by atoms with van der Waals surface area (Å²) in [6.07, 6.45) is 5.07. The SMILES string of the molecule is Cc1ccc2ccccc2c1/C(=C/c1cccnc1)C(O)C(C)(C)C. The molecule has 0 saturated heterocycles. The molecule has 0 aliphatic carbocycles. The highest BCUT2D eigenvalue weighted by molar-refractivity contribution is 6.00. The molecule has 0 aliphatic heterocycles. The molecule has 1 N–H and O–H groups in total. The minimum atomic E-state index is -0.586. The average Bonchev–Trinajstić information content (AvgIpc) is 2.60. The standard InChI is InChI=1S/C23H25NO/c1-16-11-12-18-9-5-6-10-19(18)21(16)20(22(25)23(2,3)4)14-17-8-7-13-24-15-17/h5-15,22,25H,1-4H3/b20-14-. The van der Waals surface area contributed by atoms with Gasteiger partial charge in [0.2, 0.25) is 0 Å². The van der Waals surface area contributed by atoms with Crippen LogP contribution in [0.25, 0.3) is 22.4 Å². The summed E-state index contributed by atoms with van der Waals surface area (Å²) in [4.78, 5) is 4.21.